The quantitative estimate of drug-likeness (QED) is 0.582. The number of nitrogens with zero attached hydrogens (tertiary/aromatic N) is 1. The monoisotopic (exact) mass is 277 g/mol. The summed E-state index contributed by atoms with van der Waals surface area (Å²) in [7, 11) is -1.22. The molecule has 0 aliphatic carbocycles. The molecular formula is C11H23N3O3S. The van der Waals surface area contributed by atoms with E-state index in [0.717, 1.165) is 26.1 Å². The maximum Gasteiger partial charge on any atom is 0.218 e. The molecule has 1 atom stereocenters. The molecule has 1 rings (SSSR count). The number of hydrogen-bond donors (Lipinski definition) is 2. The molecule has 1 aliphatic rings. The molecule has 1 aliphatic heterocycles. The molecule has 1 amide bonds. The van der Waals surface area contributed by atoms with E-state index in [9.17, 15) is 13.2 Å². The summed E-state index contributed by atoms with van der Waals surface area (Å²) in [6, 6.07) is 0. The SMILES string of the molecule is CNCC1CCN(CCS(=O)(=O)CCC(N)=O)C1. The molecule has 0 bridgehead atoms. The number of rotatable bonds is 8. The van der Waals surface area contributed by atoms with Gasteiger partial charge in [0.25, 0.3) is 0 Å². The minimum absolute atomic E-state index is 0.0787. The van der Waals surface area contributed by atoms with E-state index in [0.29, 0.717) is 12.5 Å². The fourth-order valence-corrected chi connectivity index (χ4v) is 3.45. The highest BCUT2D eigenvalue weighted by Gasteiger charge is 2.23. The van der Waals surface area contributed by atoms with Crippen LogP contribution in [0.15, 0.2) is 0 Å². The number of amides is 1. The maximum absolute atomic E-state index is 11.7. The molecule has 0 spiro atoms. The van der Waals surface area contributed by atoms with Crippen molar-refractivity contribution in [3.8, 4) is 0 Å². The van der Waals surface area contributed by atoms with Crippen molar-refractivity contribution in [2.24, 2.45) is 11.7 Å². The van der Waals surface area contributed by atoms with Crippen LogP contribution in [0.4, 0.5) is 0 Å². The Bertz CT molecular complexity index is 370. The van der Waals surface area contributed by atoms with Crippen LogP contribution < -0.4 is 11.1 Å². The number of carbonyl (C=O) groups is 1. The van der Waals surface area contributed by atoms with Gasteiger partial charge in [-0.05, 0) is 32.5 Å². The zero-order chi connectivity index (χ0) is 13.6. The van der Waals surface area contributed by atoms with Gasteiger partial charge in [-0.2, -0.15) is 0 Å². The average molecular weight is 277 g/mol. The predicted molar refractivity (Wildman–Crippen MR) is 70.9 cm³/mol. The third kappa shape index (κ3) is 5.79. The lowest BCUT2D eigenvalue weighted by Crippen LogP contribution is -2.30. The molecule has 0 aromatic heterocycles. The van der Waals surface area contributed by atoms with Gasteiger partial charge < -0.3 is 16.0 Å². The number of nitrogens with two attached hydrogens (primary N) is 1. The first-order valence-electron chi connectivity index (χ1n) is 6.28. The summed E-state index contributed by atoms with van der Waals surface area (Å²) in [5, 5.41) is 3.14. The number of sulfone groups is 1. The highest BCUT2D eigenvalue weighted by Crippen LogP contribution is 2.15. The minimum Gasteiger partial charge on any atom is -0.370 e. The fourth-order valence-electron chi connectivity index (χ4n) is 2.20. The Balaban J connectivity index is 2.26. The van der Waals surface area contributed by atoms with Crippen molar-refractivity contribution in [2.45, 2.75) is 12.8 Å². The summed E-state index contributed by atoms with van der Waals surface area (Å²) in [6.07, 6.45) is 1.03. The third-order valence-corrected chi connectivity index (χ3v) is 4.87. The van der Waals surface area contributed by atoms with E-state index in [1.54, 1.807) is 0 Å². The highest BCUT2D eigenvalue weighted by molar-refractivity contribution is 7.91. The smallest absolute Gasteiger partial charge is 0.218 e. The zero-order valence-corrected chi connectivity index (χ0v) is 11.7. The van der Waals surface area contributed by atoms with Crippen LogP contribution in [0.2, 0.25) is 0 Å². The van der Waals surface area contributed by atoms with Gasteiger partial charge in [0.2, 0.25) is 5.91 Å². The van der Waals surface area contributed by atoms with Gasteiger partial charge in [-0.15, -0.1) is 0 Å². The fraction of sp³-hybridized carbons (Fsp3) is 0.909. The zero-order valence-electron chi connectivity index (χ0n) is 10.9. The van der Waals surface area contributed by atoms with E-state index >= 15 is 0 Å². The number of likely N-dealkylation sites (tertiary alicyclic amines) is 1. The molecule has 7 heteroatoms. The molecule has 106 valence electrons. The van der Waals surface area contributed by atoms with Crippen LogP contribution in [0, 0.1) is 5.92 Å². The number of carbonyl (C=O) groups excluding carboxylic acids is 1. The third-order valence-electron chi connectivity index (χ3n) is 3.24. The van der Waals surface area contributed by atoms with Crippen LogP contribution >= 0.6 is 0 Å². The summed E-state index contributed by atoms with van der Waals surface area (Å²) < 4.78 is 23.3. The van der Waals surface area contributed by atoms with Crippen LogP contribution in [0.25, 0.3) is 0 Å². The van der Waals surface area contributed by atoms with Gasteiger partial charge in [0.05, 0.1) is 11.5 Å². The first kappa shape index (κ1) is 15.4. The maximum atomic E-state index is 11.7. The van der Waals surface area contributed by atoms with Gasteiger partial charge in [-0.25, -0.2) is 8.42 Å². The van der Waals surface area contributed by atoms with Crippen molar-refractivity contribution >= 4 is 15.7 Å². The van der Waals surface area contributed by atoms with Gasteiger partial charge in [0.1, 0.15) is 0 Å². The van der Waals surface area contributed by atoms with Crippen LogP contribution in [0.5, 0.6) is 0 Å². The predicted octanol–water partition coefficient (Wildman–Crippen LogP) is -1.18. The van der Waals surface area contributed by atoms with E-state index < -0.39 is 15.7 Å². The highest BCUT2D eigenvalue weighted by atomic mass is 32.2. The van der Waals surface area contributed by atoms with Crippen LogP contribution in [-0.2, 0) is 14.6 Å². The van der Waals surface area contributed by atoms with Gasteiger partial charge >= 0.3 is 0 Å². The lowest BCUT2D eigenvalue weighted by Gasteiger charge is -2.15. The molecule has 3 N–H and O–H groups in total. The molecule has 0 aromatic rings. The Kier molecular flexibility index (Phi) is 6.04. The Morgan fingerprint density at radius 2 is 2.17 bits per heavy atom. The molecule has 1 heterocycles. The Morgan fingerprint density at radius 3 is 2.78 bits per heavy atom. The van der Waals surface area contributed by atoms with Crippen molar-refractivity contribution in [1.29, 1.82) is 0 Å². The Morgan fingerprint density at radius 1 is 1.44 bits per heavy atom. The minimum atomic E-state index is -3.15. The summed E-state index contributed by atoms with van der Waals surface area (Å²) >= 11 is 0. The lowest BCUT2D eigenvalue weighted by atomic mass is 10.1. The molecule has 1 saturated heterocycles. The second kappa shape index (κ2) is 7.06. The summed E-state index contributed by atoms with van der Waals surface area (Å²) in [5.74, 6) is 0.0417. The lowest BCUT2D eigenvalue weighted by molar-refractivity contribution is -0.117. The van der Waals surface area contributed by atoms with Crippen molar-refractivity contribution in [3.05, 3.63) is 0 Å². The standard InChI is InChI=1S/C11H23N3O3S/c1-13-8-10-2-4-14(9-10)5-7-18(16,17)6-3-11(12)15/h10,13H,2-9H2,1H3,(H2,12,15). The molecule has 18 heavy (non-hydrogen) atoms. The summed E-state index contributed by atoms with van der Waals surface area (Å²) in [6.45, 7) is 3.44. The molecule has 0 saturated carbocycles. The normalized spacial score (nSPS) is 21.3. The second-order valence-electron chi connectivity index (χ2n) is 4.88. The largest absolute Gasteiger partial charge is 0.370 e. The van der Waals surface area contributed by atoms with Gasteiger partial charge in [-0.1, -0.05) is 0 Å². The van der Waals surface area contributed by atoms with Crippen molar-refractivity contribution in [1.82, 2.24) is 10.2 Å². The van der Waals surface area contributed by atoms with Gasteiger partial charge in [0.15, 0.2) is 9.84 Å². The van der Waals surface area contributed by atoms with E-state index in [-0.39, 0.29) is 17.9 Å². The van der Waals surface area contributed by atoms with Crippen molar-refractivity contribution in [2.75, 3.05) is 44.7 Å². The van der Waals surface area contributed by atoms with E-state index in [4.69, 9.17) is 5.73 Å². The first-order valence-corrected chi connectivity index (χ1v) is 8.11. The molecule has 6 nitrogen and oxygen atoms in total. The van der Waals surface area contributed by atoms with Crippen molar-refractivity contribution in [3.63, 3.8) is 0 Å². The van der Waals surface area contributed by atoms with E-state index in [1.807, 2.05) is 7.05 Å². The number of nitrogens with one attached hydrogen (secondary N) is 1. The van der Waals surface area contributed by atoms with Crippen LogP contribution in [0.1, 0.15) is 12.8 Å². The Hall–Kier alpha value is -0.660. The van der Waals surface area contributed by atoms with Gasteiger partial charge in [-0.3, -0.25) is 4.79 Å². The van der Waals surface area contributed by atoms with E-state index in [1.165, 1.54) is 0 Å². The molecular weight excluding hydrogens is 254 g/mol. The summed E-state index contributed by atoms with van der Waals surface area (Å²) in [5.41, 5.74) is 4.95. The van der Waals surface area contributed by atoms with E-state index in [2.05, 4.69) is 10.2 Å². The molecule has 0 aromatic carbocycles. The number of primary amides is 1. The molecule has 1 fully saturated rings. The summed E-state index contributed by atoms with van der Waals surface area (Å²) in [4.78, 5) is 12.7. The van der Waals surface area contributed by atoms with Crippen LogP contribution in [0.3, 0.4) is 0 Å². The van der Waals surface area contributed by atoms with Crippen molar-refractivity contribution < 1.29 is 13.2 Å². The molecule has 1 unspecified atom stereocenters. The second-order valence-corrected chi connectivity index (χ2v) is 7.18. The van der Waals surface area contributed by atoms with Gasteiger partial charge in [0, 0.05) is 19.5 Å². The van der Waals surface area contributed by atoms with Crippen LogP contribution in [-0.4, -0.2) is 64.0 Å². The average Bonchev–Trinajstić information content (AvgIpc) is 2.73. The topological polar surface area (TPSA) is 92.5 Å². The molecule has 0 radical (unpaired) electrons. The first-order chi connectivity index (χ1) is 8.43. The number of hydrogen-bond acceptors (Lipinski definition) is 5. The Labute approximate surface area is 109 Å².